The number of nitrogens with one attached hydrogen (secondary N) is 1. The summed E-state index contributed by atoms with van der Waals surface area (Å²) < 4.78 is 5.19. The van der Waals surface area contributed by atoms with Gasteiger partial charge in [0.15, 0.2) is 5.78 Å². The van der Waals surface area contributed by atoms with Gasteiger partial charge in [-0.3, -0.25) is 9.78 Å². The summed E-state index contributed by atoms with van der Waals surface area (Å²) in [6.45, 7) is 10.6. The van der Waals surface area contributed by atoms with E-state index < -0.39 is 17.7 Å². The van der Waals surface area contributed by atoms with Crippen LogP contribution in [0.15, 0.2) is 36.7 Å². The van der Waals surface area contributed by atoms with Gasteiger partial charge in [-0.2, -0.15) is 0 Å². The van der Waals surface area contributed by atoms with Gasteiger partial charge in [0.25, 0.3) is 0 Å². The second kappa shape index (κ2) is 7.02. The lowest BCUT2D eigenvalue weighted by Crippen LogP contribution is -2.45. The van der Waals surface area contributed by atoms with Gasteiger partial charge < -0.3 is 10.1 Å². The van der Waals surface area contributed by atoms with Crippen molar-refractivity contribution in [2.45, 2.75) is 45.8 Å². The number of hydrogen-bond acceptors (Lipinski definition) is 4. The first kappa shape index (κ1) is 16.9. The van der Waals surface area contributed by atoms with Crippen molar-refractivity contribution in [3.8, 4) is 0 Å². The lowest BCUT2D eigenvalue weighted by molar-refractivity contribution is -0.117. The van der Waals surface area contributed by atoms with E-state index in [1.807, 2.05) is 0 Å². The number of aromatic nitrogens is 1. The summed E-state index contributed by atoms with van der Waals surface area (Å²) in [5.41, 5.74) is 0.683. The molecule has 1 aromatic heterocycles. The zero-order chi connectivity index (χ0) is 16.0. The molecule has 0 spiro atoms. The molecule has 0 saturated heterocycles. The summed E-state index contributed by atoms with van der Waals surface area (Å²) in [6, 6.07) is 2.91. The smallest absolute Gasteiger partial charge is 0.408 e. The van der Waals surface area contributed by atoms with Crippen LogP contribution in [0.2, 0.25) is 0 Å². The van der Waals surface area contributed by atoms with Gasteiger partial charge in [-0.25, -0.2) is 4.79 Å². The van der Waals surface area contributed by atoms with E-state index >= 15 is 0 Å². The SMILES string of the molecule is C=C(C)C(=O)[C@H](Cc1ccncc1)NC(=O)OC(C)(C)C. The maximum absolute atomic E-state index is 12.2. The normalized spacial score (nSPS) is 12.4. The molecule has 114 valence electrons. The van der Waals surface area contributed by atoms with E-state index in [0.717, 1.165) is 5.56 Å². The molecule has 0 aliphatic carbocycles. The van der Waals surface area contributed by atoms with Gasteiger partial charge in [0, 0.05) is 18.8 Å². The van der Waals surface area contributed by atoms with E-state index in [2.05, 4.69) is 16.9 Å². The maximum Gasteiger partial charge on any atom is 0.408 e. The Hall–Kier alpha value is -2.17. The van der Waals surface area contributed by atoms with E-state index in [1.54, 1.807) is 52.2 Å². The Balaban J connectivity index is 2.81. The van der Waals surface area contributed by atoms with Gasteiger partial charge >= 0.3 is 6.09 Å². The third kappa shape index (κ3) is 6.21. The average molecular weight is 290 g/mol. The molecule has 1 aromatic rings. The Morgan fingerprint density at radius 1 is 1.33 bits per heavy atom. The van der Waals surface area contributed by atoms with Gasteiger partial charge in [0.05, 0.1) is 6.04 Å². The first-order chi connectivity index (χ1) is 9.69. The van der Waals surface area contributed by atoms with Crippen molar-refractivity contribution < 1.29 is 14.3 Å². The molecule has 1 heterocycles. The van der Waals surface area contributed by atoms with Crippen LogP contribution in [0.5, 0.6) is 0 Å². The van der Waals surface area contributed by atoms with E-state index in [4.69, 9.17) is 4.74 Å². The standard InChI is InChI=1S/C16H22N2O3/c1-11(2)14(19)13(10-12-6-8-17-9-7-12)18-15(20)21-16(3,4)5/h6-9,13H,1,10H2,2-5H3,(H,18,20)/t13-/m0/s1. The van der Waals surface area contributed by atoms with Crippen molar-refractivity contribution in [2.75, 3.05) is 0 Å². The zero-order valence-electron chi connectivity index (χ0n) is 13.0. The summed E-state index contributed by atoms with van der Waals surface area (Å²) in [5.74, 6) is -0.210. The fourth-order valence-electron chi connectivity index (χ4n) is 1.71. The number of rotatable bonds is 5. The van der Waals surface area contributed by atoms with Gasteiger partial charge in [-0.1, -0.05) is 6.58 Å². The molecule has 0 aliphatic rings. The molecule has 1 amide bonds. The molecule has 21 heavy (non-hydrogen) atoms. The number of alkyl carbamates (subject to hydrolysis) is 1. The average Bonchev–Trinajstić information content (AvgIpc) is 2.36. The summed E-state index contributed by atoms with van der Waals surface area (Å²) in [4.78, 5) is 27.9. The Morgan fingerprint density at radius 3 is 2.38 bits per heavy atom. The molecule has 0 radical (unpaired) electrons. The number of amides is 1. The van der Waals surface area contributed by atoms with E-state index in [-0.39, 0.29) is 5.78 Å². The molecule has 0 unspecified atom stereocenters. The highest BCUT2D eigenvalue weighted by molar-refractivity contribution is 6.00. The summed E-state index contributed by atoms with van der Waals surface area (Å²) >= 11 is 0. The number of Topliss-reactive ketones (excluding diaryl/α,β-unsaturated/α-hetero) is 1. The molecule has 1 N–H and O–H groups in total. The topological polar surface area (TPSA) is 68.3 Å². The summed E-state index contributed by atoms with van der Waals surface area (Å²) in [7, 11) is 0. The van der Waals surface area contributed by atoms with Crippen LogP contribution in [-0.2, 0) is 16.0 Å². The van der Waals surface area contributed by atoms with Crippen molar-refractivity contribution in [1.82, 2.24) is 10.3 Å². The molecule has 0 bridgehead atoms. The highest BCUT2D eigenvalue weighted by atomic mass is 16.6. The molecule has 0 saturated carbocycles. The van der Waals surface area contributed by atoms with Crippen LogP contribution < -0.4 is 5.32 Å². The molecule has 5 heteroatoms. The predicted octanol–water partition coefficient (Wildman–Crippen LogP) is 2.66. The summed E-state index contributed by atoms with van der Waals surface area (Å²) in [6.07, 6.45) is 3.04. The number of carbonyl (C=O) groups excluding carboxylic acids is 2. The number of carbonyl (C=O) groups is 2. The quantitative estimate of drug-likeness (QED) is 0.846. The second-order valence-electron chi connectivity index (χ2n) is 5.90. The van der Waals surface area contributed by atoms with E-state index in [1.165, 1.54) is 0 Å². The minimum atomic E-state index is -0.695. The molecular formula is C16H22N2O3. The number of hydrogen-bond donors (Lipinski definition) is 1. The van der Waals surface area contributed by atoms with Crippen molar-refractivity contribution in [2.24, 2.45) is 0 Å². The Labute approximate surface area is 125 Å². The molecule has 0 aromatic carbocycles. The number of pyridine rings is 1. The molecular weight excluding hydrogens is 268 g/mol. The third-order valence-corrected chi connectivity index (χ3v) is 2.62. The Kier molecular flexibility index (Phi) is 5.64. The summed E-state index contributed by atoms with van der Waals surface area (Å²) in [5, 5.41) is 2.61. The molecule has 1 rings (SSSR count). The minimum Gasteiger partial charge on any atom is -0.444 e. The monoisotopic (exact) mass is 290 g/mol. The first-order valence-corrected chi connectivity index (χ1v) is 6.77. The number of ketones is 1. The van der Waals surface area contributed by atoms with Crippen molar-refractivity contribution in [3.05, 3.63) is 42.2 Å². The number of ether oxygens (including phenoxy) is 1. The molecule has 0 fully saturated rings. The third-order valence-electron chi connectivity index (χ3n) is 2.62. The van der Waals surface area contributed by atoms with Crippen LogP contribution in [0.4, 0.5) is 4.79 Å². The largest absolute Gasteiger partial charge is 0.444 e. The van der Waals surface area contributed by atoms with Crippen LogP contribution in [-0.4, -0.2) is 28.5 Å². The Bertz CT molecular complexity index is 518. The lowest BCUT2D eigenvalue weighted by atomic mass is 10.00. The molecule has 1 atom stereocenters. The van der Waals surface area contributed by atoms with Gasteiger partial charge in [0.2, 0.25) is 0 Å². The van der Waals surface area contributed by atoms with Crippen LogP contribution >= 0.6 is 0 Å². The van der Waals surface area contributed by atoms with E-state index in [9.17, 15) is 9.59 Å². The van der Waals surface area contributed by atoms with Crippen LogP contribution in [0.25, 0.3) is 0 Å². The molecule has 0 aliphatic heterocycles. The van der Waals surface area contributed by atoms with Crippen molar-refractivity contribution in [1.29, 1.82) is 0 Å². The zero-order valence-corrected chi connectivity index (χ0v) is 13.0. The highest BCUT2D eigenvalue weighted by Gasteiger charge is 2.24. The van der Waals surface area contributed by atoms with Crippen molar-refractivity contribution in [3.63, 3.8) is 0 Å². The van der Waals surface area contributed by atoms with Gasteiger partial charge in [0.1, 0.15) is 5.60 Å². The molecule has 5 nitrogen and oxygen atoms in total. The minimum absolute atomic E-state index is 0.210. The highest BCUT2D eigenvalue weighted by Crippen LogP contribution is 2.10. The van der Waals surface area contributed by atoms with Gasteiger partial charge in [-0.05, 0) is 51.0 Å². The first-order valence-electron chi connectivity index (χ1n) is 6.77. The van der Waals surface area contributed by atoms with Crippen LogP contribution in [0.3, 0.4) is 0 Å². The lowest BCUT2D eigenvalue weighted by Gasteiger charge is -2.23. The fourth-order valence-corrected chi connectivity index (χ4v) is 1.71. The second-order valence-corrected chi connectivity index (χ2v) is 5.90. The van der Waals surface area contributed by atoms with Crippen molar-refractivity contribution >= 4 is 11.9 Å². The number of nitrogens with zero attached hydrogens (tertiary/aromatic N) is 1. The Morgan fingerprint density at radius 2 is 1.90 bits per heavy atom. The predicted molar refractivity (Wildman–Crippen MR) is 80.9 cm³/mol. The van der Waals surface area contributed by atoms with Crippen LogP contribution in [0, 0.1) is 0 Å². The fraction of sp³-hybridized carbons (Fsp3) is 0.438. The van der Waals surface area contributed by atoms with Gasteiger partial charge in [-0.15, -0.1) is 0 Å². The van der Waals surface area contributed by atoms with Crippen LogP contribution in [0.1, 0.15) is 33.3 Å². The maximum atomic E-state index is 12.2. The van der Waals surface area contributed by atoms with E-state index in [0.29, 0.717) is 12.0 Å².